The average molecular weight is 277 g/mol. The maximum atomic E-state index is 12.5. The number of carbonyl (C=O) groups is 1. The zero-order valence-electron chi connectivity index (χ0n) is 12.5. The second-order valence-corrected chi connectivity index (χ2v) is 5.69. The molecule has 0 unspecified atom stereocenters. The van der Waals surface area contributed by atoms with Gasteiger partial charge in [-0.25, -0.2) is 4.98 Å². The third kappa shape index (κ3) is 3.70. The second kappa shape index (κ2) is 6.22. The number of anilines is 1. The molecule has 0 aliphatic carbocycles. The number of rotatable bonds is 4. The molecule has 1 saturated heterocycles. The van der Waals surface area contributed by atoms with Gasteiger partial charge in [-0.05, 0) is 32.4 Å². The predicted octanol–water partition coefficient (Wildman–Crippen LogP) is 2.15. The van der Waals surface area contributed by atoms with Crippen LogP contribution in [0.15, 0.2) is 18.3 Å². The SMILES string of the molecule is CCCNc1cc(C(=O)N2CCOC(C)(C)C2)ccn1. The van der Waals surface area contributed by atoms with Crippen LogP contribution in [0.5, 0.6) is 0 Å². The third-order valence-electron chi connectivity index (χ3n) is 3.28. The predicted molar refractivity (Wildman–Crippen MR) is 79.0 cm³/mol. The number of nitrogens with one attached hydrogen (secondary N) is 1. The van der Waals surface area contributed by atoms with Gasteiger partial charge in [0.05, 0.1) is 12.2 Å². The van der Waals surface area contributed by atoms with E-state index in [-0.39, 0.29) is 11.5 Å². The molecular formula is C15H23N3O2. The summed E-state index contributed by atoms with van der Waals surface area (Å²) < 4.78 is 5.64. The third-order valence-corrected chi connectivity index (χ3v) is 3.28. The molecule has 0 aromatic carbocycles. The van der Waals surface area contributed by atoms with Crippen LogP contribution in [0.3, 0.4) is 0 Å². The van der Waals surface area contributed by atoms with Crippen LogP contribution in [0.25, 0.3) is 0 Å². The van der Waals surface area contributed by atoms with Gasteiger partial charge < -0.3 is 15.0 Å². The second-order valence-electron chi connectivity index (χ2n) is 5.69. The topological polar surface area (TPSA) is 54.5 Å². The number of hydrogen-bond donors (Lipinski definition) is 1. The summed E-state index contributed by atoms with van der Waals surface area (Å²) in [6.45, 7) is 8.81. The highest BCUT2D eigenvalue weighted by molar-refractivity contribution is 5.95. The Morgan fingerprint density at radius 3 is 3.05 bits per heavy atom. The van der Waals surface area contributed by atoms with Crippen molar-refractivity contribution in [1.29, 1.82) is 0 Å². The summed E-state index contributed by atoms with van der Waals surface area (Å²) >= 11 is 0. The molecule has 1 N–H and O–H groups in total. The lowest BCUT2D eigenvalue weighted by Crippen LogP contribution is -2.50. The minimum absolute atomic E-state index is 0.0447. The van der Waals surface area contributed by atoms with Crippen molar-refractivity contribution in [3.05, 3.63) is 23.9 Å². The summed E-state index contributed by atoms with van der Waals surface area (Å²) in [5.41, 5.74) is 0.404. The van der Waals surface area contributed by atoms with Crippen LogP contribution in [0.1, 0.15) is 37.6 Å². The van der Waals surface area contributed by atoms with Crippen molar-refractivity contribution in [3.63, 3.8) is 0 Å². The van der Waals surface area contributed by atoms with E-state index in [0.29, 0.717) is 25.3 Å². The monoisotopic (exact) mass is 277 g/mol. The summed E-state index contributed by atoms with van der Waals surface area (Å²) in [5.74, 6) is 0.800. The molecule has 0 spiro atoms. The number of nitrogens with zero attached hydrogens (tertiary/aromatic N) is 2. The number of carbonyl (C=O) groups excluding carboxylic acids is 1. The number of pyridine rings is 1. The molecule has 0 saturated carbocycles. The summed E-state index contributed by atoms with van der Waals surface area (Å²) in [6.07, 6.45) is 2.70. The minimum Gasteiger partial charge on any atom is -0.372 e. The highest BCUT2D eigenvalue weighted by atomic mass is 16.5. The first-order valence-corrected chi connectivity index (χ1v) is 7.15. The van der Waals surface area contributed by atoms with Crippen LogP contribution in [0.2, 0.25) is 0 Å². The summed E-state index contributed by atoms with van der Waals surface area (Å²) in [5, 5.41) is 3.20. The van der Waals surface area contributed by atoms with Crippen molar-refractivity contribution < 1.29 is 9.53 Å². The van der Waals surface area contributed by atoms with Gasteiger partial charge in [-0.2, -0.15) is 0 Å². The molecule has 20 heavy (non-hydrogen) atoms. The highest BCUT2D eigenvalue weighted by Crippen LogP contribution is 2.19. The fraction of sp³-hybridized carbons (Fsp3) is 0.600. The Morgan fingerprint density at radius 2 is 2.35 bits per heavy atom. The molecule has 5 nitrogen and oxygen atoms in total. The standard InChI is InChI=1S/C15H23N3O2/c1-4-6-16-13-10-12(5-7-17-13)14(19)18-8-9-20-15(2,3)11-18/h5,7,10H,4,6,8-9,11H2,1-3H3,(H,16,17). The van der Waals surface area contributed by atoms with E-state index in [4.69, 9.17) is 4.74 Å². The van der Waals surface area contributed by atoms with E-state index in [9.17, 15) is 4.79 Å². The van der Waals surface area contributed by atoms with Gasteiger partial charge in [-0.15, -0.1) is 0 Å². The number of morpholine rings is 1. The van der Waals surface area contributed by atoms with Gasteiger partial charge >= 0.3 is 0 Å². The fourth-order valence-electron chi connectivity index (χ4n) is 2.29. The van der Waals surface area contributed by atoms with E-state index in [1.54, 1.807) is 12.3 Å². The van der Waals surface area contributed by atoms with Gasteiger partial charge in [-0.1, -0.05) is 6.92 Å². The van der Waals surface area contributed by atoms with Crippen LogP contribution < -0.4 is 5.32 Å². The molecule has 0 bridgehead atoms. The van der Waals surface area contributed by atoms with Gasteiger partial charge in [0.25, 0.3) is 5.91 Å². The van der Waals surface area contributed by atoms with E-state index in [1.165, 1.54) is 0 Å². The van der Waals surface area contributed by atoms with Crippen molar-refractivity contribution in [2.75, 3.05) is 31.6 Å². The highest BCUT2D eigenvalue weighted by Gasteiger charge is 2.30. The van der Waals surface area contributed by atoms with Crippen molar-refractivity contribution >= 4 is 11.7 Å². The molecule has 2 rings (SSSR count). The van der Waals surface area contributed by atoms with E-state index in [1.807, 2.05) is 24.8 Å². The first kappa shape index (κ1) is 14.8. The molecule has 1 aliphatic rings. The molecule has 5 heteroatoms. The number of aromatic nitrogens is 1. The van der Waals surface area contributed by atoms with E-state index in [2.05, 4.69) is 17.2 Å². The molecule has 1 amide bonds. The van der Waals surface area contributed by atoms with Gasteiger partial charge in [0, 0.05) is 31.4 Å². The fourth-order valence-corrected chi connectivity index (χ4v) is 2.29. The van der Waals surface area contributed by atoms with Crippen molar-refractivity contribution in [3.8, 4) is 0 Å². The van der Waals surface area contributed by atoms with Crippen molar-refractivity contribution in [2.24, 2.45) is 0 Å². The van der Waals surface area contributed by atoms with E-state index in [0.717, 1.165) is 18.8 Å². The number of hydrogen-bond acceptors (Lipinski definition) is 4. The van der Waals surface area contributed by atoms with Gasteiger partial charge in [-0.3, -0.25) is 4.79 Å². The summed E-state index contributed by atoms with van der Waals surface area (Å²) in [7, 11) is 0. The van der Waals surface area contributed by atoms with Gasteiger partial charge in [0.2, 0.25) is 0 Å². The molecule has 0 radical (unpaired) electrons. The lowest BCUT2D eigenvalue weighted by Gasteiger charge is -2.38. The summed E-state index contributed by atoms with van der Waals surface area (Å²) in [4.78, 5) is 18.6. The summed E-state index contributed by atoms with van der Waals surface area (Å²) in [6, 6.07) is 3.59. The smallest absolute Gasteiger partial charge is 0.254 e. The Labute approximate surface area is 120 Å². The molecule has 2 heterocycles. The lowest BCUT2D eigenvalue weighted by molar-refractivity contribution is -0.0764. The zero-order valence-corrected chi connectivity index (χ0v) is 12.5. The normalized spacial score (nSPS) is 17.9. The maximum absolute atomic E-state index is 12.5. The molecule has 1 fully saturated rings. The molecule has 0 atom stereocenters. The Hall–Kier alpha value is -1.62. The number of ether oxygens (including phenoxy) is 1. The molecule has 110 valence electrons. The van der Waals surface area contributed by atoms with Crippen LogP contribution >= 0.6 is 0 Å². The van der Waals surface area contributed by atoms with Gasteiger partial charge in [0.15, 0.2) is 0 Å². The molecule has 1 aromatic heterocycles. The minimum atomic E-state index is -0.274. The van der Waals surface area contributed by atoms with Crippen LogP contribution in [0, 0.1) is 0 Å². The van der Waals surface area contributed by atoms with E-state index < -0.39 is 0 Å². The van der Waals surface area contributed by atoms with Crippen LogP contribution in [-0.2, 0) is 4.74 Å². The molecular weight excluding hydrogens is 254 g/mol. The molecule has 1 aromatic rings. The Kier molecular flexibility index (Phi) is 4.60. The van der Waals surface area contributed by atoms with Crippen LogP contribution in [-0.4, -0.2) is 47.6 Å². The largest absolute Gasteiger partial charge is 0.372 e. The van der Waals surface area contributed by atoms with Crippen molar-refractivity contribution in [2.45, 2.75) is 32.8 Å². The Bertz CT molecular complexity index is 474. The zero-order chi connectivity index (χ0) is 14.6. The van der Waals surface area contributed by atoms with Gasteiger partial charge in [0.1, 0.15) is 5.82 Å². The first-order chi connectivity index (χ1) is 9.52. The van der Waals surface area contributed by atoms with E-state index >= 15 is 0 Å². The molecule has 1 aliphatic heterocycles. The maximum Gasteiger partial charge on any atom is 0.254 e. The Balaban J connectivity index is 2.08. The average Bonchev–Trinajstić information content (AvgIpc) is 2.43. The first-order valence-electron chi connectivity index (χ1n) is 7.15. The van der Waals surface area contributed by atoms with Crippen LogP contribution in [0.4, 0.5) is 5.82 Å². The number of amides is 1. The van der Waals surface area contributed by atoms with Crippen molar-refractivity contribution in [1.82, 2.24) is 9.88 Å². The quantitative estimate of drug-likeness (QED) is 0.916. The lowest BCUT2D eigenvalue weighted by atomic mass is 10.1. The Morgan fingerprint density at radius 1 is 1.55 bits per heavy atom.